The Balaban J connectivity index is 3.08. The zero-order valence-electron chi connectivity index (χ0n) is 7.80. The average Bonchev–Trinajstić information content (AvgIpc) is 2.16. The Bertz CT molecular complexity index is 374. The number of benzene rings is 1. The second-order valence-corrected chi connectivity index (χ2v) is 3.25. The van der Waals surface area contributed by atoms with E-state index in [0.717, 1.165) is 11.1 Å². The van der Waals surface area contributed by atoms with Crippen LogP contribution in [0.5, 0.6) is 0 Å². The van der Waals surface area contributed by atoms with Gasteiger partial charge in [0.05, 0.1) is 4.92 Å². The normalized spacial score (nSPS) is 10.7. The van der Waals surface area contributed by atoms with Gasteiger partial charge in [0.25, 0.3) is 5.69 Å². The number of nitro groups is 1. The lowest BCUT2D eigenvalue weighted by atomic mass is 10.1. The molecule has 0 amide bonds. The molecule has 4 heteroatoms. The molecule has 0 radical (unpaired) electrons. The Hall–Kier alpha value is -1.29. The van der Waals surface area contributed by atoms with Crippen LogP contribution in [0.15, 0.2) is 24.3 Å². The molecule has 0 fully saturated rings. The van der Waals surface area contributed by atoms with E-state index in [4.69, 9.17) is 0 Å². The molecule has 0 heterocycles. The van der Waals surface area contributed by atoms with Crippen LogP contribution >= 0.6 is 12.6 Å². The van der Waals surface area contributed by atoms with E-state index < -0.39 is 4.92 Å². The third kappa shape index (κ3) is 2.60. The molecule has 1 rings (SSSR count). The van der Waals surface area contributed by atoms with Crippen LogP contribution in [0.4, 0.5) is 5.69 Å². The van der Waals surface area contributed by atoms with Gasteiger partial charge in [0.15, 0.2) is 0 Å². The van der Waals surface area contributed by atoms with Crippen molar-refractivity contribution in [1.82, 2.24) is 0 Å². The molecule has 0 aliphatic heterocycles. The molecule has 74 valence electrons. The Morgan fingerprint density at radius 2 is 2.29 bits per heavy atom. The average molecular weight is 209 g/mol. The van der Waals surface area contributed by atoms with E-state index in [2.05, 4.69) is 12.6 Å². The summed E-state index contributed by atoms with van der Waals surface area (Å²) in [4.78, 5) is 10.1. The van der Waals surface area contributed by atoms with Gasteiger partial charge in [-0.05, 0) is 18.1 Å². The standard InChI is InChI=1S/C10H11NO2S/c1-8-4-5-10(11(12)13)7-9(8)3-2-6-14/h2-5,7,14H,6H2,1H3. The van der Waals surface area contributed by atoms with Gasteiger partial charge in [0, 0.05) is 17.9 Å². The minimum atomic E-state index is -0.391. The maximum Gasteiger partial charge on any atom is 0.270 e. The summed E-state index contributed by atoms with van der Waals surface area (Å²) < 4.78 is 0. The molecule has 1 aromatic carbocycles. The highest BCUT2D eigenvalue weighted by molar-refractivity contribution is 7.80. The van der Waals surface area contributed by atoms with Gasteiger partial charge in [0.2, 0.25) is 0 Å². The van der Waals surface area contributed by atoms with Crippen molar-refractivity contribution in [3.8, 4) is 0 Å². The van der Waals surface area contributed by atoms with E-state index in [0.29, 0.717) is 5.75 Å². The van der Waals surface area contributed by atoms with Gasteiger partial charge in [-0.2, -0.15) is 12.6 Å². The summed E-state index contributed by atoms with van der Waals surface area (Å²) in [5.41, 5.74) is 2.01. The minimum Gasteiger partial charge on any atom is -0.258 e. The second kappa shape index (κ2) is 4.81. The summed E-state index contributed by atoms with van der Waals surface area (Å²) in [6, 6.07) is 4.82. The molecule has 1 aromatic rings. The van der Waals surface area contributed by atoms with Crippen molar-refractivity contribution >= 4 is 24.4 Å². The van der Waals surface area contributed by atoms with Crippen LogP contribution in [0.2, 0.25) is 0 Å². The number of aryl methyl sites for hydroxylation is 1. The molecule has 0 aliphatic carbocycles. The first-order chi connectivity index (χ1) is 6.65. The quantitative estimate of drug-likeness (QED) is 0.472. The number of non-ortho nitro benzene ring substituents is 1. The third-order valence-electron chi connectivity index (χ3n) is 1.88. The topological polar surface area (TPSA) is 43.1 Å². The van der Waals surface area contributed by atoms with E-state index in [9.17, 15) is 10.1 Å². The van der Waals surface area contributed by atoms with Gasteiger partial charge in [0.1, 0.15) is 0 Å². The lowest BCUT2D eigenvalue weighted by Crippen LogP contribution is -1.89. The van der Waals surface area contributed by atoms with E-state index in [-0.39, 0.29) is 5.69 Å². The van der Waals surface area contributed by atoms with Crippen molar-refractivity contribution in [3.63, 3.8) is 0 Å². The predicted molar refractivity (Wildman–Crippen MR) is 60.7 cm³/mol. The Morgan fingerprint density at radius 1 is 1.57 bits per heavy atom. The summed E-state index contributed by atoms with van der Waals surface area (Å²) in [7, 11) is 0. The number of rotatable bonds is 3. The van der Waals surface area contributed by atoms with E-state index in [1.54, 1.807) is 12.1 Å². The smallest absolute Gasteiger partial charge is 0.258 e. The van der Waals surface area contributed by atoms with Crippen molar-refractivity contribution < 1.29 is 4.92 Å². The minimum absolute atomic E-state index is 0.120. The SMILES string of the molecule is Cc1ccc([N+](=O)[O-])cc1C=CCS. The number of hydrogen-bond acceptors (Lipinski definition) is 3. The zero-order valence-corrected chi connectivity index (χ0v) is 8.70. The highest BCUT2D eigenvalue weighted by Crippen LogP contribution is 2.18. The van der Waals surface area contributed by atoms with Crippen LogP contribution in [0, 0.1) is 17.0 Å². The summed E-state index contributed by atoms with van der Waals surface area (Å²) >= 11 is 4.03. The summed E-state index contributed by atoms with van der Waals surface area (Å²) in [5.74, 6) is 0.627. The summed E-state index contributed by atoms with van der Waals surface area (Å²) in [6.07, 6.45) is 3.70. The molecular formula is C10H11NO2S. The monoisotopic (exact) mass is 209 g/mol. The van der Waals surface area contributed by atoms with Gasteiger partial charge < -0.3 is 0 Å². The third-order valence-corrected chi connectivity index (χ3v) is 2.09. The Labute approximate surface area is 88.0 Å². The van der Waals surface area contributed by atoms with Crippen LogP contribution in [-0.2, 0) is 0 Å². The van der Waals surface area contributed by atoms with Crippen molar-refractivity contribution in [3.05, 3.63) is 45.5 Å². The molecule has 0 N–H and O–H groups in total. The fraction of sp³-hybridized carbons (Fsp3) is 0.200. The molecule has 0 atom stereocenters. The maximum atomic E-state index is 10.5. The molecule has 0 saturated carbocycles. The van der Waals surface area contributed by atoms with Gasteiger partial charge in [-0.3, -0.25) is 10.1 Å². The summed E-state index contributed by atoms with van der Waals surface area (Å²) in [6.45, 7) is 1.92. The molecule has 0 spiro atoms. The molecule has 0 aliphatic rings. The first-order valence-electron chi connectivity index (χ1n) is 4.17. The van der Waals surface area contributed by atoms with Gasteiger partial charge in [-0.15, -0.1) is 0 Å². The molecule has 0 unspecified atom stereocenters. The predicted octanol–water partition coefficient (Wildman–Crippen LogP) is 2.85. The number of hydrogen-bond donors (Lipinski definition) is 1. The van der Waals surface area contributed by atoms with E-state index in [1.807, 2.05) is 19.1 Å². The lowest BCUT2D eigenvalue weighted by molar-refractivity contribution is -0.384. The largest absolute Gasteiger partial charge is 0.270 e. The van der Waals surface area contributed by atoms with Crippen molar-refractivity contribution in [1.29, 1.82) is 0 Å². The van der Waals surface area contributed by atoms with E-state index in [1.165, 1.54) is 6.07 Å². The molecule has 14 heavy (non-hydrogen) atoms. The lowest BCUT2D eigenvalue weighted by Gasteiger charge is -1.99. The van der Waals surface area contributed by atoms with Gasteiger partial charge in [-0.25, -0.2) is 0 Å². The van der Waals surface area contributed by atoms with Crippen LogP contribution in [0.1, 0.15) is 11.1 Å². The molecule has 0 saturated heterocycles. The zero-order chi connectivity index (χ0) is 10.6. The van der Waals surface area contributed by atoms with Crippen LogP contribution in [0.3, 0.4) is 0 Å². The molecule has 3 nitrogen and oxygen atoms in total. The second-order valence-electron chi connectivity index (χ2n) is 2.88. The fourth-order valence-corrected chi connectivity index (χ4v) is 1.21. The van der Waals surface area contributed by atoms with Crippen LogP contribution in [-0.4, -0.2) is 10.7 Å². The van der Waals surface area contributed by atoms with E-state index >= 15 is 0 Å². The molecule has 0 aromatic heterocycles. The summed E-state index contributed by atoms with van der Waals surface area (Å²) in [5, 5.41) is 10.5. The highest BCUT2D eigenvalue weighted by Gasteiger charge is 2.05. The van der Waals surface area contributed by atoms with Crippen LogP contribution in [0.25, 0.3) is 6.08 Å². The van der Waals surface area contributed by atoms with Gasteiger partial charge >= 0.3 is 0 Å². The van der Waals surface area contributed by atoms with Crippen LogP contribution < -0.4 is 0 Å². The Kier molecular flexibility index (Phi) is 3.71. The maximum absolute atomic E-state index is 10.5. The number of nitro benzene ring substituents is 1. The van der Waals surface area contributed by atoms with Crippen molar-refractivity contribution in [2.45, 2.75) is 6.92 Å². The number of thiol groups is 1. The molecular weight excluding hydrogens is 198 g/mol. The first-order valence-corrected chi connectivity index (χ1v) is 4.81. The highest BCUT2D eigenvalue weighted by atomic mass is 32.1. The molecule has 0 bridgehead atoms. The number of nitrogens with zero attached hydrogens (tertiary/aromatic N) is 1. The first kappa shape index (κ1) is 10.8. The fourth-order valence-electron chi connectivity index (χ4n) is 1.10. The van der Waals surface area contributed by atoms with Crippen molar-refractivity contribution in [2.75, 3.05) is 5.75 Å². The van der Waals surface area contributed by atoms with Crippen molar-refractivity contribution in [2.24, 2.45) is 0 Å². The van der Waals surface area contributed by atoms with Gasteiger partial charge in [-0.1, -0.05) is 18.2 Å². The Morgan fingerprint density at radius 3 is 2.86 bits per heavy atom.